The Bertz CT molecular complexity index is 343. The van der Waals surface area contributed by atoms with Crippen molar-refractivity contribution in [2.45, 2.75) is 18.0 Å². The van der Waals surface area contributed by atoms with Crippen LogP contribution in [0.1, 0.15) is 11.1 Å². The van der Waals surface area contributed by atoms with Gasteiger partial charge in [-0.15, -0.1) is 0 Å². The Kier molecular flexibility index (Phi) is 3.78. The molecule has 0 heterocycles. The van der Waals surface area contributed by atoms with E-state index in [4.69, 9.17) is 23.5 Å². The molecule has 16 heavy (non-hydrogen) atoms. The van der Waals surface area contributed by atoms with Gasteiger partial charge in [0.15, 0.2) is 0 Å². The van der Waals surface area contributed by atoms with Crippen LogP contribution in [0.15, 0.2) is 24.3 Å². The highest BCUT2D eigenvalue weighted by atomic mass is 19.4. The molecule has 7 heteroatoms. The average molecular weight is 219 g/mol. The maximum Gasteiger partial charge on any atom is 0.416 e. The fourth-order valence-electron chi connectivity index (χ4n) is 1.07. The number of nitrogens with one attached hydrogen (secondary N) is 1. The van der Waals surface area contributed by atoms with Gasteiger partial charge in [-0.3, -0.25) is 0 Å². The number of hydrogen-bond acceptors (Lipinski definition) is 1. The second-order valence-electron chi connectivity index (χ2n) is 3.48. The Labute approximate surface area is 96.0 Å². The van der Waals surface area contributed by atoms with Crippen molar-refractivity contribution in [1.29, 1.82) is 0 Å². The van der Waals surface area contributed by atoms with Gasteiger partial charge in [0.2, 0.25) is 0 Å². The van der Waals surface area contributed by atoms with Crippen LogP contribution in [0, 0.1) is 0 Å². The van der Waals surface area contributed by atoms with Gasteiger partial charge < -0.3 is 5.32 Å². The van der Waals surface area contributed by atoms with Gasteiger partial charge in [-0.25, -0.2) is 0 Å². The Morgan fingerprint density at radius 3 is 1.88 bits per heavy atom. The number of rotatable bonds is 3. The van der Waals surface area contributed by atoms with Gasteiger partial charge in [0.1, 0.15) is 0 Å². The van der Waals surface area contributed by atoms with E-state index >= 15 is 0 Å². The van der Waals surface area contributed by atoms with E-state index in [1.807, 2.05) is 0 Å². The first-order valence-corrected chi connectivity index (χ1v) is 4.46. The second kappa shape index (κ2) is 4.57. The molecule has 0 atom stereocenters. The Morgan fingerprint density at radius 2 is 1.50 bits per heavy atom. The van der Waals surface area contributed by atoms with E-state index in [0.717, 1.165) is 12.1 Å². The summed E-state index contributed by atoms with van der Waals surface area (Å²) in [6.07, 6.45) is -4.33. The molecule has 0 aromatic heterocycles. The van der Waals surface area contributed by atoms with Crippen LogP contribution in [0.4, 0.5) is 13.2 Å². The molecule has 0 bridgehead atoms. The summed E-state index contributed by atoms with van der Waals surface area (Å²) >= 11 is 0. The maximum absolute atomic E-state index is 12.2. The number of hydrogen-bond donors (Lipinski definition) is 1. The average Bonchev–Trinajstić information content (AvgIpc) is 2.13. The zero-order chi connectivity index (χ0) is 12.4. The van der Waals surface area contributed by atoms with Crippen LogP contribution in [-0.4, -0.2) is 28.8 Å². The van der Waals surface area contributed by atoms with E-state index in [2.05, 4.69) is 5.32 Å². The number of halogens is 3. The molecule has 0 unspecified atom stereocenters. The van der Waals surface area contributed by atoms with E-state index in [0.29, 0.717) is 5.56 Å². The van der Waals surface area contributed by atoms with Crippen LogP contribution < -0.4 is 5.32 Å². The van der Waals surface area contributed by atoms with E-state index in [1.54, 1.807) is 0 Å². The zero-order valence-corrected chi connectivity index (χ0v) is 8.38. The van der Waals surface area contributed by atoms with E-state index in [9.17, 15) is 13.2 Å². The summed E-state index contributed by atoms with van der Waals surface area (Å²) in [6.45, 7) is 0.196. The lowest BCUT2D eigenvalue weighted by Crippen LogP contribution is -2.46. The van der Waals surface area contributed by atoms with Crippen molar-refractivity contribution in [3.8, 4) is 0 Å². The molecule has 1 rings (SSSR count). The fraction of sp³-hybridized carbons (Fsp3) is 0.333. The van der Waals surface area contributed by atoms with Crippen molar-refractivity contribution in [2.24, 2.45) is 0 Å². The summed E-state index contributed by atoms with van der Waals surface area (Å²) in [6, 6.07) is 4.65. The highest BCUT2D eigenvalue weighted by Gasteiger charge is 2.29. The summed E-state index contributed by atoms with van der Waals surface area (Å²) < 4.78 is 36.7. The highest BCUT2D eigenvalue weighted by molar-refractivity contribution is 6.59. The third-order valence-electron chi connectivity index (χ3n) is 1.88. The lowest BCUT2D eigenvalue weighted by atomic mass is 9.49. The lowest BCUT2D eigenvalue weighted by Gasteiger charge is -2.22. The second-order valence-corrected chi connectivity index (χ2v) is 3.48. The summed E-state index contributed by atoms with van der Waals surface area (Å²) in [5.41, 5.74) is -0.0884. The summed E-state index contributed by atoms with van der Waals surface area (Å²) in [7, 11) is 15.7. The first-order chi connectivity index (χ1) is 7.18. The van der Waals surface area contributed by atoms with Crippen LogP contribution in [0.3, 0.4) is 0 Å². The topological polar surface area (TPSA) is 12.0 Å². The van der Waals surface area contributed by atoms with Crippen LogP contribution in [0.2, 0.25) is 0 Å². The molecular formula is C9H7B3F3N. The van der Waals surface area contributed by atoms with Gasteiger partial charge in [0.05, 0.1) is 29.1 Å². The molecule has 1 nitrogen and oxygen atoms in total. The smallest absolute Gasteiger partial charge is 0.332 e. The molecule has 6 radical (unpaired) electrons. The lowest BCUT2D eigenvalue weighted by molar-refractivity contribution is -0.137. The third-order valence-corrected chi connectivity index (χ3v) is 1.88. The third kappa shape index (κ3) is 4.35. The highest BCUT2D eigenvalue weighted by Crippen LogP contribution is 2.28. The van der Waals surface area contributed by atoms with Crippen molar-refractivity contribution in [3.05, 3.63) is 35.4 Å². The number of alkyl halides is 3. The first-order valence-electron chi connectivity index (χ1n) is 4.46. The van der Waals surface area contributed by atoms with Gasteiger partial charge in [0, 0.05) is 6.54 Å². The maximum atomic E-state index is 12.2. The largest absolute Gasteiger partial charge is 0.416 e. The van der Waals surface area contributed by atoms with Gasteiger partial charge in [-0.2, -0.15) is 13.2 Å². The Morgan fingerprint density at radius 1 is 1.00 bits per heavy atom. The van der Waals surface area contributed by atoms with Crippen LogP contribution in [-0.2, 0) is 12.7 Å². The molecule has 0 saturated heterocycles. The van der Waals surface area contributed by atoms with Crippen molar-refractivity contribution in [1.82, 2.24) is 5.32 Å². The molecule has 0 aliphatic carbocycles. The normalized spacial score (nSPS) is 12.7. The molecule has 1 aromatic carbocycles. The SMILES string of the molecule is [B]C([B])([B])NCc1ccc(C(F)(F)F)cc1. The molecule has 0 amide bonds. The van der Waals surface area contributed by atoms with Gasteiger partial charge in [-0.1, -0.05) is 17.4 Å². The predicted octanol–water partition coefficient (Wildman–Crippen LogP) is 0.912. The molecule has 1 N–H and O–H groups in total. The van der Waals surface area contributed by atoms with E-state index in [-0.39, 0.29) is 6.54 Å². The quantitative estimate of drug-likeness (QED) is 0.744. The predicted molar refractivity (Wildman–Crippen MR) is 58.3 cm³/mol. The molecule has 0 aliphatic heterocycles. The van der Waals surface area contributed by atoms with Crippen LogP contribution >= 0.6 is 0 Å². The van der Waals surface area contributed by atoms with E-state index in [1.165, 1.54) is 12.1 Å². The van der Waals surface area contributed by atoms with Crippen LogP contribution in [0.5, 0.6) is 0 Å². The molecule has 0 aliphatic rings. The van der Waals surface area contributed by atoms with Crippen molar-refractivity contribution < 1.29 is 13.2 Å². The molecule has 0 saturated carbocycles. The van der Waals surface area contributed by atoms with Gasteiger partial charge in [-0.05, 0) is 17.7 Å². The first kappa shape index (κ1) is 13.2. The van der Waals surface area contributed by atoms with Crippen molar-refractivity contribution >= 4 is 23.5 Å². The minimum atomic E-state index is -4.33. The Balaban J connectivity index is 2.66. The zero-order valence-electron chi connectivity index (χ0n) is 8.38. The van der Waals surface area contributed by atoms with Crippen molar-refractivity contribution in [2.75, 3.05) is 0 Å². The van der Waals surface area contributed by atoms with Gasteiger partial charge >= 0.3 is 6.18 Å². The molecule has 78 valence electrons. The summed E-state index contributed by atoms with van der Waals surface area (Å²) in [5.74, 6) is 0. The number of benzene rings is 1. The van der Waals surface area contributed by atoms with Crippen molar-refractivity contribution in [3.63, 3.8) is 0 Å². The fourth-order valence-corrected chi connectivity index (χ4v) is 1.07. The van der Waals surface area contributed by atoms with Gasteiger partial charge in [0.25, 0.3) is 0 Å². The molecular weight excluding hydrogens is 212 g/mol. The standard InChI is InChI=1S/C9H7B3F3N/c10-9(11,12)16-5-6-1-3-7(4-2-6)8(13,14)15/h1-4,16H,5H2. The molecule has 0 fully saturated rings. The monoisotopic (exact) mass is 219 g/mol. The minimum Gasteiger partial charge on any atom is -0.332 e. The molecule has 1 aromatic rings. The summed E-state index contributed by atoms with van der Waals surface area (Å²) in [5, 5.41) is 1.01. The Hall–Kier alpha value is -0.835. The van der Waals surface area contributed by atoms with E-state index < -0.39 is 17.0 Å². The minimum absolute atomic E-state index is 0.196. The summed E-state index contributed by atoms with van der Waals surface area (Å²) in [4.78, 5) is 0. The van der Waals surface area contributed by atoms with Crippen LogP contribution in [0.25, 0.3) is 0 Å². The molecule has 0 spiro atoms.